The predicted molar refractivity (Wildman–Crippen MR) is 46.8 cm³/mol. The maximum atomic E-state index is 10.0. The van der Waals surface area contributed by atoms with E-state index in [1.165, 1.54) is 19.3 Å². The van der Waals surface area contributed by atoms with E-state index >= 15 is 0 Å². The Kier molecular flexibility index (Phi) is 15.2. The zero-order valence-corrected chi connectivity index (χ0v) is 12.5. The third-order valence-electron chi connectivity index (χ3n) is 1.49. The summed E-state index contributed by atoms with van der Waals surface area (Å²) in [5, 5.41) is 8.27. The zero-order valence-electron chi connectivity index (χ0n) is 7.60. The molecule has 0 aliphatic rings. The number of carboxylic acid groups (broad SMARTS) is 1. The topological polar surface area (TPSA) is 37.3 Å². The molecular weight excluding hydrogens is 214 g/mol. The Morgan fingerprint density at radius 1 is 1.18 bits per heavy atom. The van der Waals surface area contributed by atoms with Gasteiger partial charge in [-0.05, 0) is 6.42 Å². The second-order valence-corrected chi connectivity index (χ2v) is 2.56. The second kappa shape index (κ2) is 11.3. The summed E-state index contributed by atoms with van der Waals surface area (Å²) < 4.78 is 0. The van der Waals surface area contributed by atoms with Gasteiger partial charge in [0.15, 0.2) is 0 Å². The van der Waals surface area contributed by atoms with Gasteiger partial charge in [-0.1, -0.05) is 32.6 Å². The molecule has 1 radical (unpaired) electrons. The first-order valence-corrected chi connectivity index (χ1v) is 3.99. The molecule has 1 N–H and O–H groups in total. The Labute approximate surface area is 118 Å². The quantitative estimate of drug-likeness (QED) is 0.708. The second-order valence-electron chi connectivity index (χ2n) is 2.56. The summed E-state index contributed by atoms with van der Waals surface area (Å²) >= 11 is 0. The fraction of sp³-hybridized carbons (Fsp3) is 0.875. The van der Waals surface area contributed by atoms with E-state index in [1.807, 2.05) is 0 Å². The van der Waals surface area contributed by atoms with Crippen molar-refractivity contribution in [1.29, 1.82) is 0 Å². The van der Waals surface area contributed by atoms with E-state index in [2.05, 4.69) is 6.92 Å². The predicted octanol–water partition coefficient (Wildman–Crippen LogP) is 2.05. The van der Waals surface area contributed by atoms with Gasteiger partial charge in [0.05, 0.1) is 0 Å². The monoisotopic (exact) mass is 229 g/mol. The van der Waals surface area contributed by atoms with Gasteiger partial charge in [-0.3, -0.25) is 4.79 Å². The van der Waals surface area contributed by atoms with Crippen LogP contribution in [0.5, 0.6) is 0 Å². The van der Waals surface area contributed by atoms with Crippen LogP contribution in [0.3, 0.4) is 0 Å². The molecule has 0 aliphatic heterocycles. The summed E-state index contributed by atoms with van der Waals surface area (Å²) in [5.41, 5.74) is 0. The fourth-order valence-corrected chi connectivity index (χ4v) is 0.880. The van der Waals surface area contributed by atoms with Crippen LogP contribution in [0.25, 0.3) is 0 Å². The third kappa shape index (κ3) is 14.2. The van der Waals surface area contributed by atoms with Gasteiger partial charge in [-0.2, -0.15) is 0 Å². The number of hydrogen-bond acceptors (Lipinski definition) is 1. The first kappa shape index (κ1) is 14.8. The van der Waals surface area contributed by atoms with Gasteiger partial charge in [-0.15, -0.1) is 0 Å². The van der Waals surface area contributed by atoms with Crippen molar-refractivity contribution < 1.29 is 9.90 Å². The number of aliphatic carboxylic acids is 1. The van der Waals surface area contributed by atoms with Gasteiger partial charge < -0.3 is 5.11 Å². The molecule has 0 saturated heterocycles. The van der Waals surface area contributed by atoms with Crippen LogP contribution in [0.4, 0.5) is 0 Å². The Morgan fingerprint density at radius 2 is 1.73 bits per heavy atom. The van der Waals surface area contributed by atoms with E-state index in [0.717, 1.165) is 12.8 Å². The van der Waals surface area contributed by atoms with Crippen LogP contribution < -0.4 is 0 Å². The average Bonchev–Trinajstić information content (AvgIpc) is 1.87. The third-order valence-corrected chi connectivity index (χ3v) is 1.49. The molecular formula is C8H16O2Rb. The maximum Gasteiger partial charge on any atom is 0.303 e. The van der Waals surface area contributed by atoms with E-state index in [0.29, 0.717) is 6.42 Å². The summed E-state index contributed by atoms with van der Waals surface area (Å²) in [4.78, 5) is 10.0. The van der Waals surface area contributed by atoms with Gasteiger partial charge in [0.1, 0.15) is 0 Å². The molecule has 2 nitrogen and oxygen atoms in total. The van der Waals surface area contributed by atoms with Crippen molar-refractivity contribution in [3.8, 4) is 0 Å². The first-order chi connectivity index (χ1) is 4.77. The van der Waals surface area contributed by atoms with Crippen molar-refractivity contribution in [2.45, 2.75) is 45.4 Å². The van der Waals surface area contributed by atoms with Crippen LogP contribution >= 0.6 is 0 Å². The first-order valence-electron chi connectivity index (χ1n) is 3.99. The summed E-state index contributed by atoms with van der Waals surface area (Å²) in [6.07, 6.45) is 5.88. The standard InChI is InChI=1S/C8H16O2.Rb/c1-2-3-4-5-6-7-8(9)10;/h2-7H2,1H3,(H,9,10);. The molecule has 0 heterocycles. The molecule has 11 heavy (non-hydrogen) atoms. The van der Waals surface area contributed by atoms with Crippen LogP contribution in [-0.2, 0) is 4.79 Å². The minimum atomic E-state index is -0.670. The molecule has 0 saturated carbocycles. The Balaban J connectivity index is 0. The molecule has 0 bridgehead atoms. The van der Waals surface area contributed by atoms with E-state index in [-0.39, 0.29) is 58.2 Å². The van der Waals surface area contributed by atoms with Crippen LogP contribution in [0.2, 0.25) is 0 Å². The summed E-state index contributed by atoms with van der Waals surface area (Å²) in [6.45, 7) is 2.15. The van der Waals surface area contributed by atoms with Gasteiger partial charge in [-0.25, -0.2) is 0 Å². The van der Waals surface area contributed by atoms with E-state index < -0.39 is 5.97 Å². The molecule has 0 unspecified atom stereocenters. The molecule has 0 aliphatic carbocycles. The minimum Gasteiger partial charge on any atom is -0.481 e. The molecule has 0 spiro atoms. The van der Waals surface area contributed by atoms with Crippen LogP contribution in [-0.4, -0.2) is 69.3 Å². The van der Waals surface area contributed by atoms with Gasteiger partial charge in [0.25, 0.3) is 0 Å². The molecule has 0 amide bonds. The largest absolute Gasteiger partial charge is 0.481 e. The molecule has 0 aromatic rings. The summed E-state index contributed by atoms with van der Waals surface area (Å²) in [5.74, 6) is -0.670. The Hall–Kier alpha value is 1.28. The summed E-state index contributed by atoms with van der Waals surface area (Å²) in [6, 6.07) is 0. The maximum absolute atomic E-state index is 10.0. The van der Waals surface area contributed by atoms with Crippen LogP contribution in [0.15, 0.2) is 0 Å². The number of unbranched alkanes of at least 4 members (excludes halogenated alkanes) is 4. The molecule has 0 atom stereocenters. The van der Waals surface area contributed by atoms with Crippen molar-refractivity contribution in [3.63, 3.8) is 0 Å². The van der Waals surface area contributed by atoms with Crippen molar-refractivity contribution in [3.05, 3.63) is 0 Å². The molecule has 0 aromatic heterocycles. The van der Waals surface area contributed by atoms with Gasteiger partial charge >= 0.3 is 5.97 Å². The Morgan fingerprint density at radius 3 is 2.18 bits per heavy atom. The average molecular weight is 230 g/mol. The van der Waals surface area contributed by atoms with Crippen LogP contribution in [0, 0.1) is 0 Å². The fourth-order valence-electron chi connectivity index (χ4n) is 0.880. The SMILES string of the molecule is CCCCCCCC(=O)O.[Rb]. The van der Waals surface area contributed by atoms with Gasteiger partial charge in [0, 0.05) is 64.6 Å². The number of carboxylic acids is 1. The minimum absolute atomic E-state index is 0. The molecule has 3 heteroatoms. The van der Waals surface area contributed by atoms with E-state index in [9.17, 15) is 4.79 Å². The van der Waals surface area contributed by atoms with Crippen molar-refractivity contribution in [2.75, 3.05) is 0 Å². The van der Waals surface area contributed by atoms with E-state index in [1.54, 1.807) is 0 Å². The number of hydrogen-bond donors (Lipinski definition) is 1. The van der Waals surface area contributed by atoms with Crippen molar-refractivity contribution >= 4 is 64.2 Å². The van der Waals surface area contributed by atoms with Crippen LogP contribution in [0.1, 0.15) is 45.4 Å². The smallest absolute Gasteiger partial charge is 0.303 e. The molecule has 0 aromatic carbocycles. The molecule has 61 valence electrons. The van der Waals surface area contributed by atoms with Crippen molar-refractivity contribution in [2.24, 2.45) is 0 Å². The number of rotatable bonds is 6. The van der Waals surface area contributed by atoms with E-state index in [4.69, 9.17) is 5.11 Å². The van der Waals surface area contributed by atoms with Crippen molar-refractivity contribution in [1.82, 2.24) is 0 Å². The number of carbonyl (C=O) groups is 1. The summed E-state index contributed by atoms with van der Waals surface area (Å²) in [7, 11) is 0. The zero-order chi connectivity index (χ0) is 7.82. The normalized spacial score (nSPS) is 8.82. The molecule has 0 fully saturated rings. The van der Waals surface area contributed by atoms with Gasteiger partial charge in [0.2, 0.25) is 0 Å². The molecule has 0 rings (SSSR count). The Bertz CT molecular complexity index is 94.1.